The lowest BCUT2D eigenvalue weighted by atomic mass is 9.87. The number of rotatable bonds is 4. The van der Waals surface area contributed by atoms with Gasteiger partial charge in [0.1, 0.15) is 5.82 Å². The van der Waals surface area contributed by atoms with Gasteiger partial charge in [0.15, 0.2) is 0 Å². The van der Waals surface area contributed by atoms with Gasteiger partial charge in [-0.1, -0.05) is 24.3 Å². The van der Waals surface area contributed by atoms with E-state index < -0.39 is 0 Å². The molecule has 7 nitrogen and oxygen atoms in total. The van der Waals surface area contributed by atoms with Gasteiger partial charge in [0.25, 0.3) is 5.91 Å². The molecule has 1 aromatic carbocycles. The number of benzene rings is 1. The number of anilines is 2. The Bertz CT molecular complexity index is 987. The topological polar surface area (TPSA) is 83.6 Å². The van der Waals surface area contributed by atoms with Crippen LogP contribution in [0.15, 0.2) is 36.5 Å². The molecule has 1 atom stereocenters. The van der Waals surface area contributed by atoms with E-state index in [2.05, 4.69) is 27.8 Å². The SMILES string of the molecule is O=C(NC1CCCc2ccccc21)c1cnc2c(c1)N(CC1CCOCC1)C(=O)CN2. The Morgan fingerprint density at radius 1 is 1.23 bits per heavy atom. The van der Waals surface area contributed by atoms with Crippen LogP contribution >= 0.6 is 0 Å². The molecular weight excluding hydrogens is 392 g/mol. The first-order valence-corrected chi connectivity index (χ1v) is 11.2. The number of ether oxygens (including phenoxy) is 1. The summed E-state index contributed by atoms with van der Waals surface area (Å²) in [5.41, 5.74) is 3.68. The number of carbonyl (C=O) groups is 2. The third kappa shape index (κ3) is 4.14. The fraction of sp³-hybridized carbons (Fsp3) is 0.458. The van der Waals surface area contributed by atoms with E-state index >= 15 is 0 Å². The molecule has 1 saturated heterocycles. The Morgan fingerprint density at radius 3 is 2.94 bits per heavy atom. The lowest BCUT2D eigenvalue weighted by Crippen LogP contribution is -2.44. The van der Waals surface area contributed by atoms with Crippen LogP contribution in [0.5, 0.6) is 0 Å². The molecule has 1 aliphatic carbocycles. The zero-order valence-corrected chi connectivity index (χ0v) is 17.6. The predicted octanol–water partition coefficient (Wildman–Crippen LogP) is 3.07. The van der Waals surface area contributed by atoms with Crippen molar-refractivity contribution < 1.29 is 14.3 Å². The highest BCUT2D eigenvalue weighted by Crippen LogP contribution is 2.32. The molecule has 2 aliphatic heterocycles. The maximum Gasteiger partial charge on any atom is 0.253 e. The van der Waals surface area contributed by atoms with Gasteiger partial charge in [-0.05, 0) is 55.2 Å². The fourth-order valence-corrected chi connectivity index (χ4v) is 4.84. The molecule has 2 N–H and O–H groups in total. The number of nitrogens with zero attached hydrogens (tertiary/aromatic N) is 2. The van der Waals surface area contributed by atoms with Crippen molar-refractivity contribution in [3.8, 4) is 0 Å². The van der Waals surface area contributed by atoms with Crippen LogP contribution < -0.4 is 15.5 Å². The number of aryl methyl sites for hydroxylation is 1. The average molecular weight is 421 g/mol. The Kier molecular flexibility index (Phi) is 5.59. The standard InChI is InChI=1S/C24H28N4O3/c29-22-14-26-23-21(28(22)15-16-8-10-31-11-9-16)12-18(13-25-23)24(30)27-20-7-3-5-17-4-1-2-6-19(17)20/h1-2,4,6,12-13,16,20H,3,5,7-11,14-15H2,(H,25,26)(H,27,30). The van der Waals surface area contributed by atoms with Gasteiger partial charge in [0.2, 0.25) is 5.91 Å². The summed E-state index contributed by atoms with van der Waals surface area (Å²) in [5, 5.41) is 6.27. The van der Waals surface area contributed by atoms with Gasteiger partial charge in [-0.25, -0.2) is 4.98 Å². The molecule has 0 saturated carbocycles. The van der Waals surface area contributed by atoms with Crippen molar-refractivity contribution in [1.82, 2.24) is 10.3 Å². The maximum absolute atomic E-state index is 13.1. The van der Waals surface area contributed by atoms with E-state index in [0.29, 0.717) is 29.5 Å². The number of aromatic nitrogens is 1. The highest BCUT2D eigenvalue weighted by molar-refractivity contribution is 6.04. The third-order valence-electron chi connectivity index (χ3n) is 6.59. The number of hydrogen-bond acceptors (Lipinski definition) is 5. The van der Waals surface area contributed by atoms with Gasteiger partial charge >= 0.3 is 0 Å². The van der Waals surface area contributed by atoms with Gasteiger partial charge in [0.05, 0.1) is 23.8 Å². The normalized spacial score (nSPS) is 21.1. The molecule has 7 heteroatoms. The quantitative estimate of drug-likeness (QED) is 0.794. The summed E-state index contributed by atoms with van der Waals surface area (Å²) in [6.45, 7) is 2.34. The first-order chi connectivity index (χ1) is 15.2. The molecule has 2 amide bonds. The molecule has 3 aliphatic rings. The van der Waals surface area contributed by atoms with Crippen molar-refractivity contribution >= 4 is 23.3 Å². The zero-order valence-electron chi connectivity index (χ0n) is 17.6. The minimum Gasteiger partial charge on any atom is -0.381 e. The van der Waals surface area contributed by atoms with Crippen molar-refractivity contribution in [3.05, 3.63) is 53.2 Å². The first-order valence-electron chi connectivity index (χ1n) is 11.2. The second-order valence-electron chi connectivity index (χ2n) is 8.62. The lowest BCUT2D eigenvalue weighted by molar-refractivity contribution is -0.117. The average Bonchev–Trinajstić information content (AvgIpc) is 2.81. The molecule has 162 valence electrons. The number of amides is 2. The fourth-order valence-electron chi connectivity index (χ4n) is 4.84. The summed E-state index contributed by atoms with van der Waals surface area (Å²) in [4.78, 5) is 32.0. The largest absolute Gasteiger partial charge is 0.381 e. The van der Waals surface area contributed by atoms with Gasteiger partial charge in [-0.3, -0.25) is 9.59 Å². The minimum atomic E-state index is -0.152. The summed E-state index contributed by atoms with van der Waals surface area (Å²) in [6.07, 6.45) is 6.53. The monoisotopic (exact) mass is 420 g/mol. The third-order valence-corrected chi connectivity index (χ3v) is 6.59. The second-order valence-corrected chi connectivity index (χ2v) is 8.62. The molecule has 1 fully saturated rings. The summed E-state index contributed by atoms with van der Waals surface area (Å²) in [7, 11) is 0. The predicted molar refractivity (Wildman–Crippen MR) is 118 cm³/mol. The number of carbonyl (C=O) groups excluding carboxylic acids is 2. The molecule has 1 unspecified atom stereocenters. The van der Waals surface area contributed by atoms with E-state index in [0.717, 1.165) is 45.3 Å². The van der Waals surface area contributed by atoms with E-state index in [1.165, 1.54) is 11.1 Å². The van der Waals surface area contributed by atoms with Gasteiger partial charge in [0, 0.05) is 26.0 Å². The van der Waals surface area contributed by atoms with Crippen LogP contribution in [0.1, 0.15) is 53.2 Å². The second kappa shape index (κ2) is 8.67. The van der Waals surface area contributed by atoms with Crippen LogP contribution in [-0.4, -0.2) is 43.1 Å². The summed E-state index contributed by atoms with van der Waals surface area (Å²) < 4.78 is 5.45. The first kappa shape index (κ1) is 20.0. The smallest absolute Gasteiger partial charge is 0.253 e. The number of hydrogen-bond donors (Lipinski definition) is 2. The highest BCUT2D eigenvalue weighted by Gasteiger charge is 2.29. The van der Waals surface area contributed by atoms with Crippen LogP contribution in [-0.2, 0) is 16.0 Å². The number of nitrogens with one attached hydrogen (secondary N) is 2. The zero-order chi connectivity index (χ0) is 21.2. The number of fused-ring (bicyclic) bond motifs is 2. The van der Waals surface area contributed by atoms with Crippen LogP contribution in [0, 0.1) is 5.92 Å². The molecular formula is C24H28N4O3. The van der Waals surface area contributed by atoms with Crippen molar-refractivity contribution in [2.75, 3.05) is 36.5 Å². The molecule has 2 aromatic rings. The minimum absolute atomic E-state index is 0.00609. The molecule has 0 spiro atoms. The van der Waals surface area contributed by atoms with Gasteiger partial charge < -0.3 is 20.3 Å². The molecule has 3 heterocycles. The van der Waals surface area contributed by atoms with E-state index in [-0.39, 0.29) is 24.4 Å². The molecule has 0 radical (unpaired) electrons. The summed E-state index contributed by atoms with van der Waals surface area (Å²) in [5.74, 6) is 0.923. The maximum atomic E-state index is 13.1. The van der Waals surface area contributed by atoms with Crippen LogP contribution in [0.4, 0.5) is 11.5 Å². The van der Waals surface area contributed by atoms with Crippen LogP contribution in [0.2, 0.25) is 0 Å². The van der Waals surface area contributed by atoms with E-state index in [9.17, 15) is 9.59 Å². The Hall–Kier alpha value is -2.93. The van der Waals surface area contributed by atoms with E-state index in [4.69, 9.17) is 4.74 Å². The number of pyridine rings is 1. The van der Waals surface area contributed by atoms with Crippen molar-refractivity contribution in [2.24, 2.45) is 5.92 Å². The Balaban J connectivity index is 1.36. The Morgan fingerprint density at radius 2 is 2.06 bits per heavy atom. The van der Waals surface area contributed by atoms with Gasteiger partial charge in [-0.2, -0.15) is 0 Å². The molecule has 31 heavy (non-hydrogen) atoms. The highest BCUT2D eigenvalue weighted by atomic mass is 16.5. The van der Waals surface area contributed by atoms with Crippen molar-refractivity contribution in [1.29, 1.82) is 0 Å². The molecule has 0 bridgehead atoms. The van der Waals surface area contributed by atoms with Gasteiger partial charge in [-0.15, -0.1) is 0 Å². The van der Waals surface area contributed by atoms with Crippen molar-refractivity contribution in [3.63, 3.8) is 0 Å². The van der Waals surface area contributed by atoms with Crippen molar-refractivity contribution in [2.45, 2.75) is 38.1 Å². The molecule has 1 aromatic heterocycles. The molecule has 5 rings (SSSR count). The van der Waals surface area contributed by atoms with Crippen LogP contribution in [0.25, 0.3) is 0 Å². The summed E-state index contributed by atoms with van der Waals surface area (Å²) in [6, 6.07) is 10.1. The van der Waals surface area contributed by atoms with Crippen LogP contribution in [0.3, 0.4) is 0 Å². The Labute approximate surface area is 182 Å². The lowest BCUT2D eigenvalue weighted by Gasteiger charge is -2.34. The summed E-state index contributed by atoms with van der Waals surface area (Å²) >= 11 is 0. The van der Waals surface area contributed by atoms with E-state index in [1.54, 1.807) is 17.2 Å². The van der Waals surface area contributed by atoms with E-state index in [1.807, 2.05) is 12.1 Å².